The monoisotopic (exact) mass is 370 g/mol. The minimum absolute atomic E-state index is 0.150. The number of hydrogen-bond donors (Lipinski definition) is 2. The first-order chi connectivity index (χ1) is 12.4. The third-order valence-electron chi connectivity index (χ3n) is 3.49. The molecule has 1 heterocycles. The predicted molar refractivity (Wildman–Crippen MR) is 96.3 cm³/mol. The Hall–Kier alpha value is -3.35. The fourth-order valence-electron chi connectivity index (χ4n) is 2.37. The summed E-state index contributed by atoms with van der Waals surface area (Å²) in [7, 11) is -2.36. The normalized spacial score (nSPS) is 11.0. The van der Waals surface area contributed by atoms with Crippen LogP contribution in [0.4, 0.5) is 5.69 Å². The minimum atomic E-state index is -3.93. The highest BCUT2D eigenvalue weighted by atomic mass is 32.2. The van der Waals surface area contributed by atoms with E-state index in [4.69, 9.17) is 14.6 Å². The molecule has 132 valence electrons. The molecule has 0 aliphatic heterocycles. The van der Waals surface area contributed by atoms with E-state index in [1.54, 1.807) is 37.6 Å². The molecule has 0 saturated heterocycles. The molecular weight excluding hydrogens is 356 g/mol. The second-order valence-corrected chi connectivity index (χ2v) is 6.56. The zero-order valence-corrected chi connectivity index (χ0v) is 14.4. The number of rotatable bonds is 5. The van der Waals surface area contributed by atoms with Gasteiger partial charge in [0, 0.05) is 17.6 Å². The lowest BCUT2D eigenvalue weighted by atomic mass is 10.1. The number of pyridine rings is 1. The summed E-state index contributed by atoms with van der Waals surface area (Å²) < 4.78 is 35.4. The van der Waals surface area contributed by atoms with E-state index in [-0.39, 0.29) is 17.0 Å². The average Bonchev–Trinajstić information content (AvgIpc) is 2.61. The lowest BCUT2D eigenvalue weighted by Gasteiger charge is -2.12. The lowest BCUT2D eigenvalue weighted by molar-refractivity contribution is 0.415. The van der Waals surface area contributed by atoms with Crippen molar-refractivity contribution >= 4 is 26.8 Å². The number of ether oxygens (including phenoxy) is 2. The number of aromatic nitrogens is 1. The number of nitriles is 1. The van der Waals surface area contributed by atoms with Gasteiger partial charge in [0.1, 0.15) is 23.3 Å². The first-order valence-electron chi connectivity index (χ1n) is 7.35. The topological polar surface area (TPSA) is 127 Å². The van der Waals surface area contributed by atoms with E-state index < -0.39 is 10.2 Å². The number of nitrogens with two attached hydrogens (primary N) is 1. The Balaban J connectivity index is 1.99. The summed E-state index contributed by atoms with van der Waals surface area (Å²) in [5.41, 5.74) is 0.991. The lowest BCUT2D eigenvalue weighted by Crippen LogP contribution is -2.21. The average molecular weight is 370 g/mol. The molecule has 1 aromatic heterocycles. The maximum Gasteiger partial charge on any atom is 0.296 e. The summed E-state index contributed by atoms with van der Waals surface area (Å²) in [5.74, 6) is 1.44. The van der Waals surface area contributed by atoms with Crippen molar-refractivity contribution in [3.8, 4) is 23.3 Å². The van der Waals surface area contributed by atoms with E-state index in [2.05, 4.69) is 9.71 Å². The number of hydrogen-bond acceptors (Lipinski definition) is 6. The minimum Gasteiger partial charge on any atom is -0.497 e. The first-order valence-corrected chi connectivity index (χ1v) is 8.89. The Morgan fingerprint density at radius 1 is 1.15 bits per heavy atom. The van der Waals surface area contributed by atoms with Crippen molar-refractivity contribution in [3.63, 3.8) is 0 Å². The van der Waals surface area contributed by atoms with E-state index in [9.17, 15) is 13.7 Å². The molecule has 3 N–H and O–H groups in total. The van der Waals surface area contributed by atoms with Crippen LogP contribution in [0, 0.1) is 11.3 Å². The van der Waals surface area contributed by atoms with Gasteiger partial charge in [0.2, 0.25) is 0 Å². The van der Waals surface area contributed by atoms with Gasteiger partial charge in [-0.3, -0.25) is 9.71 Å². The van der Waals surface area contributed by atoms with Crippen LogP contribution in [0.15, 0.2) is 48.7 Å². The van der Waals surface area contributed by atoms with Gasteiger partial charge in [-0.15, -0.1) is 0 Å². The van der Waals surface area contributed by atoms with Crippen molar-refractivity contribution in [2.75, 3.05) is 11.8 Å². The van der Waals surface area contributed by atoms with Crippen molar-refractivity contribution in [1.82, 2.24) is 4.98 Å². The number of anilines is 1. The van der Waals surface area contributed by atoms with Crippen molar-refractivity contribution in [3.05, 3.63) is 54.2 Å². The summed E-state index contributed by atoms with van der Waals surface area (Å²) in [6.45, 7) is 0. The van der Waals surface area contributed by atoms with Crippen molar-refractivity contribution in [1.29, 1.82) is 5.26 Å². The predicted octanol–water partition coefficient (Wildman–Crippen LogP) is 2.52. The van der Waals surface area contributed by atoms with Crippen LogP contribution >= 0.6 is 0 Å². The Labute approximate surface area is 150 Å². The Morgan fingerprint density at radius 3 is 2.65 bits per heavy atom. The van der Waals surface area contributed by atoms with Crippen LogP contribution in [0.25, 0.3) is 10.9 Å². The number of nitrogens with one attached hydrogen (secondary N) is 1. The molecule has 26 heavy (non-hydrogen) atoms. The smallest absolute Gasteiger partial charge is 0.296 e. The molecule has 0 atom stereocenters. The van der Waals surface area contributed by atoms with Gasteiger partial charge in [-0.2, -0.15) is 13.7 Å². The van der Waals surface area contributed by atoms with Gasteiger partial charge in [-0.25, -0.2) is 5.14 Å². The zero-order valence-electron chi connectivity index (χ0n) is 13.6. The second kappa shape index (κ2) is 6.87. The van der Waals surface area contributed by atoms with Gasteiger partial charge in [0.05, 0.1) is 23.9 Å². The molecule has 0 amide bonds. The van der Waals surface area contributed by atoms with Crippen LogP contribution in [-0.2, 0) is 10.2 Å². The number of fused-ring (bicyclic) bond motifs is 1. The number of methoxy groups -OCH3 is 1. The van der Waals surface area contributed by atoms with Crippen molar-refractivity contribution in [2.24, 2.45) is 5.14 Å². The van der Waals surface area contributed by atoms with Crippen LogP contribution in [-0.4, -0.2) is 20.5 Å². The fourth-order valence-corrected chi connectivity index (χ4v) is 2.83. The zero-order chi connectivity index (χ0) is 18.7. The maximum atomic E-state index is 11.1. The highest BCUT2D eigenvalue weighted by Crippen LogP contribution is 2.33. The van der Waals surface area contributed by atoms with Crippen molar-refractivity contribution < 1.29 is 17.9 Å². The molecule has 3 rings (SSSR count). The summed E-state index contributed by atoms with van der Waals surface area (Å²) in [5, 5.41) is 15.0. The number of nitrogens with zero attached hydrogens (tertiary/aromatic N) is 2. The van der Waals surface area contributed by atoms with E-state index in [0.29, 0.717) is 17.0 Å². The van der Waals surface area contributed by atoms with Crippen LogP contribution in [0.2, 0.25) is 0 Å². The van der Waals surface area contributed by atoms with E-state index in [1.807, 2.05) is 6.07 Å². The largest absolute Gasteiger partial charge is 0.497 e. The standard InChI is InChI=1S/C17H14N4O4S/c1-24-13-3-4-14-15(9-13)20-7-6-17(14)25-16-5-2-12(8-11(16)10-18)21-26(19,22)23/h2-9,21H,1H3,(H2,19,22,23). The molecule has 8 nitrogen and oxygen atoms in total. The molecule has 0 aliphatic rings. The second-order valence-electron chi connectivity index (χ2n) is 5.26. The van der Waals surface area contributed by atoms with Crippen LogP contribution in [0.1, 0.15) is 5.56 Å². The summed E-state index contributed by atoms with van der Waals surface area (Å²) >= 11 is 0. The van der Waals surface area contributed by atoms with E-state index in [1.165, 1.54) is 18.2 Å². The first kappa shape index (κ1) is 17.5. The van der Waals surface area contributed by atoms with Crippen LogP contribution < -0.4 is 19.3 Å². The van der Waals surface area contributed by atoms with Gasteiger partial charge in [0.15, 0.2) is 0 Å². The third kappa shape index (κ3) is 3.83. The molecule has 9 heteroatoms. The molecule has 3 aromatic rings. The molecule has 0 spiro atoms. The maximum absolute atomic E-state index is 11.1. The van der Waals surface area contributed by atoms with E-state index in [0.717, 1.165) is 5.39 Å². The highest BCUT2D eigenvalue weighted by Gasteiger charge is 2.11. The van der Waals surface area contributed by atoms with Crippen molar-refractivity contribution in [2.45, 2.75) is 0 Å². The molecule has 0 bridgehead atoms. The number of benzene rings is 2. The van der Waals surface area contributed by atoms with Crippen LogP contribution in [0.5, 0.6) is 17.2 Å². The Kier molecular flexibility index (Phi) is 4.62. The van der Waals surface area contributed by atoms with Gasteiger partial charge in [-0.1, -0.05) is 0 Å². The van der Waals surface area contributed by atoms with Crippen LogP contribution in [0.3, 0.4) is 0 Å². The Bertz CT molecular complexity index is 1120. The summed E-state index contributed by atoms with van der Waals surface area (Å²) in [6, 6.07) is 13.3. The molecule has 0 saturated carbocycles. The van der Waals surface area contributed by atoms with Gasteiger partial charge in [-0.05, 0) is 36.4 Å². The molecule has 0 radical (unpaired) electrons. The summed E-state index contributed by atoms with van der Waals surface area (Å²) in [6.07, 6.45) is 1.58. The quantitative estimate of drug-likeness (QED) is 0.710. The molecular formula is C17H14N4O4S. The molecule has 0 unspecified atom stereocenters. The molecule has 0 fully saturated rings. The summed E-state index contributed by atoms with van der Waals surface area (Å²) in [4.78, 5) is 4.27. The SMILES string of the molecule is COc1ccc2c(Oc3ccc(NS(N)(=O)=O)cc3C#N)ccnc2c1. The van der Waals surface area contributed by atoms with Gasteiger partial charge < -0.3 is 9.47 Å². The molecule has 2 aromatic carbocycles. The third-order valence-corrected chi connectivity index (χ3v) is 4.01. The Morgan fingerprint density at radius 2 is 1.96 bits per heavy atom. The van der Waals surface area contributed by atoms with Gasteiger partial charge in [0.25, 0.3) is 10.2 Å². The fraction of sp³-hybridized carbons (Fsp3) is 0.0588. The van der Waals surface area contributed by atoms with Gasteiger partial charge >= 0.3 is 0 Å². The highest BCUT2D eigenvalue weighted by molar-refractivity contribution is 7.90. The molecule has 0 aliphatic carbocycles. The van der Waals surface area contributed by atoms with E-state index >= 15 is 0 Å².